The Balaban J connectivity index is 2.13. The molecule has 0 aliphatic carbocycles. The second kappa shape index (κ2) is 5.17. The molecule has 0 spiro atoms. The van der Waals surface area contributed by atoms with Gasteiger partial charge in [0, 0.05) is 23.7 Å². The molecule has 0 unspecified atom stereocenters. The number of pyridine rings is 1. The van der Waals surface area contributed by atoms with Crippen molar-refractivity contribution in [2.45, 2.75) is 6.18 Å². The van der Waals surface area contributed by atoms with Gasteiger partial charge in [0.05, 0.1) is 17.6 Å². The molecule has 0 radical (unpaired) electrons. The van der Waals surface area contributed by atoms with E-state index in [4.69, 9.17) is 16.3 Å². The molecule has 8 heteroatoms. The monoisotopic (exact) mass is 327 g/mol. The van der Waals surface area contributed by atoms with Crippen LogP contribution in [0.1, 0.15) is 5.69 Å². The minimum absolute atomic E-state index is 0.196. The molecule has 0 N–H and O–H groups in total. The molecule has 1 aromatic carbocycles. The fourth-order valence-electron chi connectivity index (χ4n) is 2.00. The molecule has 0 saturated carbocycles. The van der Waals surface area contributed by atoms with Crippen LogP contribution in [-0.2, 0) is 6.18 Å². The lowest BCUT2D eigenvalue weighted by Gasteiger charge is -2.07. The molecule has 0 amide bonds. The lowest BCUT2D eigenvalue weighted by Crippen LogP contribution is -2.07. The van der Waals surface area contributed by atoms with Gasteiger partial charge in [0.1, 0.15) is 5.75 Å². The molecule has 0 saturated heterocycles. The first-order valence-corrected chi connectivity index (χ1v) is 6.54. The largest absolute Gasteiger partial charge is 0.497 e. The van der Waals surface area contributed by atoms with E-state index in [9.17, 15) is 13.2 Å². The third-order valence-electron chi connectivity index (χ3n) is 3.07. The number of hydrogen-bond acceptors (Lipinski definition) is 3. The number of halogens is 4. The maximum absolute atomic E-state index is 12.6. The van der Waals surface area contributed by atoms with Gasteiger partial charge < -0.3 is 4.74 Å². The van der Waals surface area contributed by atoms with Crippen LogP contribution in [0, 0.1) is 0 Å². The highest BCUT2D eigenvalue weighted by atomic mass is 35.5. The summed E-state index contributed by atoms with van der Waals surface area (Å²) in [6, 6.07) is 7.45. The first-order valence-electron chi connectivity index (χ1n) is 6.16. The summed E-state index contributed by atoms with van der Waals surface area (Å²) >= 11 is 6.16. The predicted octanol–water partition coefficient (Wildman–Crippen LogP) is 4.10. The summed E-state index contributed by atoms with van der Waals surface area (Å²) in [6.07, 6.45) is -3.32. The van der Waals surface area contributed by atoms with Crippen LogP contribution in [-0.4, -0.2) is 21.9 Å². The number of methoxy groups -OCH3 is 1. The van der Waals surface area contributed by atoms with Crippen molar-refractivity contribution < 1.29 is 17.9 Å². The fraction of sp³-hybridized carbons (Fsp3) is 0.143. The summed E-state index contributed by atoms with van der Waals surface area (Å²) in [7, 11) is 1.51. The molecule has 22 heavy (non-hydrogen) atoms. The van der Waals surface area contributed by atoms with Crippen LogP contribution in [0.25, 0.3) is 16.7 Å². The molecule has 0 fully saturated rings. The Labute approximate surface area is 128 Å². The smallest absolute Gasteiger partial charge is 0.435 e. The number of fused-ring (bicyclic) bond motifs is 1. The Hall–Kier alpha value is -2.28. The molecule has 4 nitrogen and oxygen atoms in total. The van der Waals surface area contributed by atoms with E-state index < -0.39 is 11.9 Å². The zero-order valence-corrected chi connectivity index (χ0v) is 12.0. The van der Waals surface area contributed by atoms with Crippen LogP contribution >= 0.6 is 11.6 Å². The average molecular weight is 328 g/mol. The molecule has 114 valence electrons. The van der Waals surface area contributed by atoms with Gasteiger partial charge in [-0.3, -0.25) is 0 Å². The quantitative estimate of drug-likeness (QED) is 0.711. The first-order chi connectivity index (χ1) is 10.4. The van der Waals surface area contributed by atoms with Gasteiger partial charge in [-0.1, -0.05) is 11.6 Å². The van der Waals surface area contributed by atoms with Gasteiger partial charge in [0.25, 0.3) is 0 Å². The molecule has 0 aliphatic heterocycles. The summed E-state index contributed by atoms with van der Waals surface area (Å²) in [4.78, 5) is 4.28. The fourth-order valence-corrected chi connectivity index (χ4v) is 2.26. The van der Waals surface area contributed by atoms with Crippen LogP contribution in [0.3, 0.4) is 0 Å². The van der Waals surface area contributed by atoms with Crippen molar-refractivity contribution in [1.29, 1.82) is 0 Å². The molecule has 0 atom stereocenters. The summed E-state index contributed by atoms with van der Waals surface area (Å²) in [5.74, 6) is 0.769. The topological polar surface area (TPSA) is 39.9 Å². The van der Waals surface area contributed by atoms with Crippen molar-refractivity contribution >= 4 is 22.5 Å². The minimum atomic E-state index is -4.50. The number of benzene rings is 1. The van der Waals surface area contributed by atoms with Gasteiger partial charge in [-0.15, -0.1) is 0 Å². The lowest BCUT2D eigenvalue weighted by molar-refractivity contribution is -0.141. The molecular formula is C14H9ClF3N3O. The predicted molar refractivity (Wildman–Crippen MR) is 75.4 cm³/mol. The zero-order valence-electron chi connectivity index (χ0n) is 11.2. The Morgan fingerprint density at radius 2 is 1.95 bits per heavy atom. The number of rotatable bonds is 2. The van der Waals surface area contributed by atoms with Crippen LogP contribution in [0.2, 0.25) is 5.02 Å². The SMILES string of the molecule is COc1ccc2c(Cl)cc(-n3ccc(C(F)(F)F)n3)nc2c1. The highest BCUT2D eigenvalue weighted by Gasteiger charge is 2.33. The van der Waals surface area contributed by atoms with Crippen molar-refractivity contribution in [3.8, 4) is 11.6 Å². The van der Waals surface area contributed by atoms with Gasteiger partial charge in [0.15, 0.2) is 11.5 Å². The van der Waals surface area contributed by atoms with E-state index >= 15 is 0 Å². The molecule has 3 aromatic rings. The molecule has 3 rings (SSSR count). The van der Waals surface area contributed by atoms with Crippen LogP contribution in [0.5, 0.6) is 5.75 Å². The third-order valence-corrected chi connectivity index (χ3v) is 3.38. The van der Waals surface area contributed by atoms with Crippen molar-refractivity contribution in [3.05, 3.63) is 47.2 Å². The standard InChI is InChI=1S/C14H9ClF3N3O/c1-22-8-2-3-9-10(15)7-13(19-11(9)6-8)21-5-4-12(20-21)14(16,17)18/h2-7H,1H3. The summed E-state index contributed by atoms with van der Waals surface area (Å²) in [6.45, 7) is 0. The van der Waals surface area contributed by atoms with Crippen LogP contribution in [0.4, 0.5) is 13.2 Å². The van der Waals surface area contributed by atoms with Gasteiger partial charge >= 0.3 is 6.18 Å². The van der Waals surface area contributed by atoms with E-state index in [1.165, 1.54) is 19.4 Å². The van der Waals surface area contributed by atoms with E-state index in [-0.39, 0.29) is 5.82 Å². The molecule has 0 aliphatic rings. The minimum Gasteiger partial charge on any atom is -0.497 e. The second-order valence-corrected chi connectivity index (χ2v) is 4.90. The normalized spacial score (nSPS) is 11.9. The van der Waals surface area contributed by atoms with Crippen molar-refractivity contribution in [1.82, 2.24) is 14.8 Å². The third kappa shape index (κ3) is 2.59. The maximum Gasteiger partial charge on any atom is 0.435 e. The summed E-state index contributed by atoms with van der Waals surface area (Å²) < 4.78 is 44.0. The van der Waals surface area contributed by atoms with E-state index in [0.29, 0.717) is 21.7 Å². The van der Waals surface area contributed by atoms with E-state index in [1.54, 1.807) is 18.2 Å². The van der Waals surface area contributed by atoms with Crippen LogP contribution in [0.15, 0.2) is 36.5 Å². The average Bonchev–Trinajstić information content (AvgIpc) is 2.96. The van der Waals surface area contributed by atoms with Gasteiger partial charge in [-0.2, -0.15) is 18.3 Å². The number of aromatic nitrogens is 3. The highest BCUT2D eigenvalue weighted by molar-refractivity contribution is 6.35. The van der Waals surface area contributed by atoms with Crippen molar-refractivity contribution in [2.75, 3.05) is 7.11 Å². The highest BCUT2D eigenvalue weighted by Crippen LogP contribution is 2.30. The Morgan fingerprint density at radius 3 is 2.59 bits per heavy atom. The van der Waals surface area contributed by atoms with Crippen molar-refractivity contribution in [2.24, 2.45) is 0 Å². The second-order valence-electron chi connectivity index (χ2n) is 4.49. The summed E-state index contributed by atoms with van der Waals surface area (Å²) in [5, 5.41) is 4.52. The molecule has 2 aromatic heterocycles. The van der Waals surface area contributed by atoms with Crippen molar-refractivity contribution in [3.63, 3.8) is 0 Å². The Kier molecular flexibility index (Phi) is 3.44. The van der Waals surface area contributed by atoms with E-state index in [0.717, 1.165) is 10.7 Å². The van der Waals surface area contributed by atoms with Gasteiger partial charge in [-0.05, 0) is 18.2 Å². The Morgan fingerprint density at radius 1 is 1.18 bits per heavy atom. The van der Waals surface area contributed by atoms with E-state index in [1.807, 2.05) is 0 Å². The Bertz CT molecular complexity index is 845. The number of nitrogens with zero attached hydrogens (tertiary/aromatic N) is 3. The first kappa shape index (κ1) is 14.6. The van der Waals surface area contributed by atoms with Gasteiger partial charge in [0.2, 0.25) is 0 Å². The molecular weight excluding hydrogens is 319 g/mol. The lowest BCUT2D eigenvalue weighted by atomic mass is 10.2. The van der Waals surface area contributed by atoms with E-state index in [2.05, 4.69) is 10.1 Å². The molecule has 2 heterocycles. The maximum atomic E-state index is 12.6. The number of hydrogen-bond donors (Lipinski definition) is 0. The number of alkyl halides is 3. The molecule has 0 bridgehead atoms. The number of ether oxygens (including phenoxy) is 1. The van der Waals surface area contributed by atoms with Crippen LogP contribution < -0.4 is 4.74 Å². The summed E-state index contributed by atoms with van der Waals surface area (Å²) in [5.41, 5.74) is -0.484. The zero-order chi connectivity index (χ0) is 15.9. The van der Waals surface area contributed by atoms with Gasteiger partial charge in [-0.25, -0.2) is 9.67 Å².